The molecule has 0 saturated carbocycles. The average Bonchev–Trinajstić information content (AvgIpc) is 3.12. The van der Waals surface area contributed by atoms with Gasteiger partial charge in [0.2, 0.25) is 5.91 Å². The second-order valence-corrected chi connectivity index (χ2v) is 5.95. The van der Waals surface area contributed by atoms with Crippen molar-refractivity contribution in [2.75, 3.05) is 5.32 Å². The molecule has 0 saturated heterocycles. The first kappa shape index (κ1) is 14.4. The highest BCUT2D eigenvalue weighted by atomic mass is 16.2. The molecule has 1 aliphatic heterocycles. The number of aryl methyl sites for hydroxylation is 1. The molecule has 0 spiro atoms. The summed E-state index contributed by atoms with van der Waals surface area (Å²) in [6.07, 6.45) is 3.88. The van der Waals surface area contributed by atoms with E-state index in [-0.39, 0.29) is 11.5 Å². The van der Waals surface area contributed by atoms with Crippen LogP contribution in [0.4, 0.5) is 5.69 Å². The van der Waals surface area contributed by atoms with Gasteiger partial charge in [0, 0.05) is 28.7 Å². The molecule has 3 heterocycles. The molecule has 0 bridgehead atoms. The van der Waals surface area contributed by atoms with E-state index in [2.05, 4.69) is 15.3 Å². The van der Waals surface area contributed by atoms with E-state index in [1.165, 1.54) is 0 Å². The van der Waals surface area contributed by atoms with Gasteiger partial charge in [-0.2, -0.15) is 0 Å². The Balaban J connectivity index is 1.72. The number of fused-ring (bicyclic) bond motifs is 1. The molecular weight excluding hydrogens is 304 g/mol. The molecule has 0 unspecified atom stereocenters. The van der Waals surface area contributed by atoms with E-state index < -0.39 is 0 Å². The summed E-state index contributed by atoms with van der Waals surface area (Å²) in [7, 11) is 0. The van der Waals surface area contributed by atoms with Gasteiger partial charge in [0.1, 0.15) is 0 Å². The van der Waals surface area contributed by atoms with Crippen molar-refractivity contribution in [1.82, 2.24) is 14.5 Å². The fraction of sp³-hybridized carbons (Fsp3) is 0.167. The smallest absolute Gasteiger partial charge is 0.256 e. The minimum Gasteiger partial charge on any atom is -0.329 e. The first-order chi connectivity index (χ1) is 11.6. The van der Waals surface area contributed by atoms with E-state index in [0.717, 1.165) is 28.2 Å². The molecule has 24 heavy (non-hydrogen) atoms. The number of imidazole rings is 1. The van der Waals surface area contributed by atoms with Crippen LogP contribution in [0, 0.1) is 6.92 Å². The van der Waals surface area contributed by atoms with Crippen LogP contribution in [-0.4, -0.2) is 20.4 Å². The summed E-state index contributed by atoms with van der Waals surface area (Å²) in [6, 6.07) is 9.33. The Morgan fingerprint density at radius 1 is 1.17 bits per heavy atom. The fourth-order valence-corrected chi connectivity index (χ4v) is 3.03. The fourth-order valence-electron chi connectivity index (χ4n) is 3.03. The Morgan fingerprint density at radius 2 is 2.04 bits per heavy atom. The van der Waals surface area contributed by atoms with Gasteiger partial charge in [-0.05, 0) is 24.6 Å². The van der Waals surface area contributed by atoms with Crippen LogP contribution in [0.15, 0.2) is 47.7 Å². The van der Waals surface area contributed by atoms with Crippen molar-refractivity contribution in [2.24, 2.45) is 0 Å². The summed E-state index contributed by atoms with van der Waals surface area (Å²) in [5, 5.41) is 2.85. The first-order valence-corrected chi connectivity index (χ1v) is 7.73. The molecule has 1 amide bonds. The number of pyridine rings is 1. The molecule has 120 valence electrons. The van der Waals surface area contributed by atoms with Gasteiger partial charge in [-0.3, -0.25) is 9.59 Å². The zero-order chi connectivity index (χ0) is 16.7. The first-order valence-electron chi connectivity index (χ1n) is 7.73. The summed E-state index contributed by atoms with van der Waals surface area (Å²) >= 11 is 0. The molecule has 3 aromatic rings. The predicted molar refractivity (Wildman–Crippen MR) is 90.9 cm³/mol. The van der Waals surface area contributed by atoms with Crippen molar-refractivity contribution in [3.05, 3.63) is 70.2 Å². The van der Waals surface area contributed by atoms with Crippen LogP contribution in [0.5, 0.6) is 0 Å². The zero-order valence-corrected chi connectivity index (χ0v) is 13.2. The third-order valence-corrected chi connectivity index (χ3v) is 4.29. The van der Waals surface area contributed by atoms with E-state index in [0.29, 0.717) is 18.5 Å². The van der Waals surface area contributed by atoms with E-state index in [1.54, 1.807) is 18.6 Å². The number of hydrogen-bond acceptors (Lipinski definition) is 3. The number of carbonyl (C=O) groups excluding carboxylic acids is 1. The van der Waals surface area contributed by atoms with Gasteiger partial charge < -0.3 is 14.9 Å². The summed E-state index contributed by atoms with van der Waals surface area (Å²) in [5.41, 5.74) is 4.65. The molecule has 0 aliphatic carbocycles. The number of rotatable bonds is 3. The van der Waals surface area contributed by atoms with Crippen molar-refractivity contribution in [3.63, 3.8) is 0 Å². The molecule has 0 radical (unpaired) electrons. The Labute approximate surface area is 138 Å². The number of aromatic nitrogens is 3. The summed E-state index contributed by atoms with van der Waals surface area (Å²) in [6.45, 7) is 2.53. The molecule has 0 atom stereocenters. The Kier molecular flexibility index (Phi) is 3.30. The molecule has 2 N–H and O–H groups in total. The lowest BCUT2D eigenvalue weighted by atomic mass is 10.0. The van der Waals surface area contributed by atoms with Gasteiger partial charge in [-0.25, -0.2) is 4.98 Å². The number of benzene rings is 1. The number of nitrogens with one attached hydrogen (secondary N) is 2. The number of carbonyl (C=O) groups is 1. The molecule has 2 aromatic heterocycles. The summed E-state index contributed by atoms with van der Waals surface area (Å²) in [4.78, 5) is 31.2. The monoisotopic (exact) mass is 320 g/mol. The van der Waals surface area contributed by atoms with Gasteiger partial charge >= 0.3 is 0 Å². The van der Waals surface area contributed by atoms with Crippen LogP contribution in [-0.2, 0) is 17.8 Å². The summed E-state index contributed by atoms with van der Waals surface area (Å²) < 4.78 is 1.96. The van der Waals surface area contributed by atoms with Crippen molar-refractivity contribution in [2.45, 2.75) is 19.9 Å². The van der Waals surface area contributed by atoms with Crippen molar-refractivity contribution < 1.29 is 4.79 Å². The number of nitrogens with zero attached hydrogens (tertiary/aromatic N) is 2. The minimum atomic E-state index is -0.167. The highest BCUT2D eigenvalue weighted by Crippen LogP contribution is 2.33. The Morgan fingerprint density at radius 3 is 2.79 bits per heavy atom. The second kappa shape index (κ2) is 5.49. The van der Waals surface area contributed by atoms with Gasteiger partial charge in [-0.15, -0.1) is 0 Å². The highest BCUT2D eigenvalue weighted by Gasteiger charge is 2.21. The van der Waals surface area contributed by atoms with E-state index in [1.807, 2.05) is 35.8 Å². The maximum atomic E-state index is 12.5. The summed E-state index contributed by atoms with van der Waals surface area (Å²) in [5.74, 6) is -0.0407. The normalized spacial score (nSPS) is 13.0. The van der Waals surface area contributed by atoms with E-state index in [4.69, 9.17) is 0 Å². The standard InChI is InChI=1S/C18H16N4O2/c1-11-8-19-10-22(11)9-13-5-6-15(18(24)20-13)14-4-2-3-12-7-16(23)21-17(12)14/h2-6,8,10H,7,9H2,1H3,(H,20,24)(H,21,23). The number of H-pyrrole nitrogens is 1. The van der Waals surface area contributed by atoms with Crippen molar-refractivity contribution in [3.8, 4) is 11.1 Å². The van der Waals surface area contributed by atoms with Crippen LogP contribution >= 0.6 is 0 Å². The predicted octanol–water partition coefficient (Wildman–Crippen LogP) is 2.09. The lowest BCUT2D eigenvalue weighted by Gasteiger charge is -2.09. The van der Waals surface area contributed by atoms with E-state index in [9.17, 15) is 9.59 Å². The van der Waals surface area contributed by atoms with Gasteiger partial charge in [0.25, 0.3) is 5.56 Å². The number of aromatic amines is 1. The van der Waals surface area contributed by atoms with Crippen molar-refractivity contribution in [1.29, 1.82) is 0 Å². The number of hydrogen-bond donors (Lipinski definition) is 2. The lowest BCUT2D eigenvalue weighted by Crippen LogP contribution is -2.14. The van der Waals surface area contributed by atoms with Crippen LogP contribution in [0.25, 0.3) is 11.1 Å². The Bertz CT molecular complexity index is 1000. The third-order valence-electron chi connectivity index (χ3n) is 4.29. The molecule has 1 aromatic carbocycles. The van der Waals surface area contributed by atoms with Crippen LogP contribution in [0.1, 0.15) is 17.0 Å². The van der Waals surface area contributed by atoms with Gasteiger partial charge in [0.05, 0.1) is 25.0 Å². The van der Waals surface area contributed by atoms with Gasteiger partial charge in [-0.1, -0.05) is 18.2 Å². The maximum Gasteiger partial charge on any atom is 0.256 e. The quantitative estimate of drug-likeness (QED) is 0.775. The molecule has 0 fully saturated rings. The molecule has 4 rings (SSSR count). The minimum absolute atomic E-state index is 0.0407. The van der Waals surface area contributed by atoms with Crippen molar-refractivity contribution >= 4 is 11.6 Å². The van der Waals surface area contributed by atoms with Crippen LogP contribution in [0.2, 0.25) is 0 Å². The largest absolute Gasteiger partial charge is 0.329 e. The molecule has 1 aliphatic rings. The molecule has 6 heteroatoms. The maximum absolute atomic E-state index is 12.5. The third kappa shape index (κ3) is 2.42. The van der Waals surface area contributed by atoms with Crippen LogP contribution < -0.4 is 10.9 Å². The number of para-hydroxylation sites is 1. The SMILES string of the molecule is Cc1cncn1Cc1ccc(-c2cccc3c2NC(=O)C3)c(=O)[nH]1. The lowest BCUT2D eigenvalue weighted by molar-refractivity contribution is -0.115. The topological polar surface area (TPSA) is 79.8 Å². The zero-order valence-electron chi connectivity index (χ0n) is 13.2. The van der Waals surface area contributed by atoms with E-state index >= 15 is 0 Å². The van der Waals surface area contributed by atoms with Gasteiger partial charge in [0.15, 0.2) is 0 Å². The highest BCUT2D eigenvalue weighted by molar-refractivity contribution is 6.03. The van der Waals surface area contributed by atoms with Crippen LogP contribution in [0.3, 0.4) is 0 Å². The number of anilines is 1. The molecular formula is C18H16N4O2. The Hall–Kier alpha value is -3.15. The molecule has 6 nitrogen and oxygen atoms in total. The number of amides is 1. The second-order valence-electron chi connectivity index (χ2n) is 5.95. The average molecular weight is 320 g/mol.